The average molecular weight is 339 g/mol. The minimum absolute atomic E-state index is 0.0619. The molecule has 1 saturated carbocycles. The quantitative estimate of drug-likeness (QED) is 0.785. The number of nitrogen functional groups attached to an aromatic ring is 1. The number of carbonyl (C=O) groups excluding carboxylic acids is 1. The van der Waals surface area contributed by atoms with Gasteiger partial charge in [0.15, 0.2) is 0 Å². The third-order valence-electron chi connectivity index (χ3n) is 4.03. The summed E-state index contributed by atoms with van der Waals surface area (Å²) in [6.45, 7) is 1.98. The van der Waals surface area contributed by atoms with Crippen LogP contribution in [0.4, 0.5) is 11.4 Å². The number of anilines is 2. The van der Waals surface area contributed by atoms with Crippen LogP contribution in [0.2, 0.25) is 0 Å². The van der Waals surface area contributed by atoms with E-state index in [2.05, 4.69) is 21.2 Å². The second kappa shape index (κ2) is 7.11. The van der Waals surface area contributed by atoms with Crippen molar-refractivity contribution in [3.63, 3.8) is 0 Å². The van der Waals surface area contributed by atoms with Crippen molar-refractivity contribution in [2.24, 2.45) is 5.92 Å². The molecule has 1 fully saturated rings. The molecule has 20 heavy (non-hydrogen) atoms. The maximum absolute atomic E-state index is 12.1. The maximum Gasteiger partial charge on any atom is 0.224 e. The summed E-state index contributed by atoms with van der Waals surface area (Å²) < 4.78 is 0.848. The lowest BCUT2D eigenvalue weighted by Gasteiger charge is -2.21. The fraction of sp³-hybridized carbons (Fsp3) is 0.562. The van der Waals surface area contributed by atoms with Crippen LogP contribution in [0.25, 0.3) is 0 Å². The molecule has 0 aromatic heterocycles. The van der Waals surface area contributed by atoms with Crippen LogP contribution < -0.4 is 11.1 Å². The summed E-state index contributed by atoms with van der Waals surface area (Å²) in [4.78, 5) is 12.1. The van der Waals surface area contributed by atoms with E-state index in [1.165, 1.54) is 32.1 Å². The topological polar surface area (TPSA) is 55.1 Å². The number of aryl methyl sites for hydroxylation is 1. The van der Waals surface area contributed by atoms with Gasteiger partial charge in [0.05, 0.1) is 11.4 Å². The third kappa shape index (κ3) is 4.23. The summed E-state index contributed by atoms with van der Waals surface area (Å²) in [7, 11) is 0. The van der Waals surface area contributed by atoms with Crippen molar-refractivity contribution < 1.29 is 4.79 Å². The van der Waals surface area contributed by atoms with E-state index in [4.69, 9.17) is 5.73 Å². The van der Waals surface area contributed by atoms with Crippen LogP contribution in [0.15, 0.2) is 16.6 Å². The van der Waals surface area contributed by atoms with Gasteiger partial charge in [-0.1, -0.05) is 32.1 Å². The second-order valence-electron chi connectivity index (χ2n) is 5.80. The second-order valence-corrected chi connectivity index (χ2v) is 6.66. The SMILES string of the molecule is Cc1cc(N)c(NC(=O)CCC2CCCCC2)c(Br)c1. The van der Waals surface area contributed by atoms with E-state index in [-0.39, 0.29) is 5.91 Å². The predicted molar refractivity (Wildman–Crippen MR) is 87.7 cm³/mol. The third-order valence-corrected chi connectivity index (χ3v) is 4.66. The first-order valence-corrected chi connectivity index (χ1v) is 8.21. The van der Waals surface area contributed by atoms with Crippen LogP contribution in [0, 0.1) is 12.8 Å². The molecule has 0 bridgehead atoms. The molecule has 0 radical (unpaired) electrons. The fourth-order valence-electron chi connectivity index (χ4n) is 2.91. The van der Waals surface area contributed by atoms with Crippen molar-refractivity contribution in [3.8, 4) is 0 Å². The molecule has 3 N–H and O–H groups in total. The van der Waals surface area contributed by atoms with Gasteiger partial charge in [-0.25, -0.2) is 0 Å². The Balaban J connectivity index is 1.88. The molecule has 2 rings (SSSR count). The van der Waals surface area contributed by atoms with Gasteiger partial charge in [-0.3, -0.25) is 4.79 Å². The van der Waals surface area contributed by atoms with Crippen LogP contribution >= 0.6 is 15.9 Å². The lowest BCUT2D eigenvalue weighted by atomic mass is 9.86. The van der Waals surface area contributed by atoms with Crippen LogP contribution in [0.1, 0.15) is 50.5 Å². The Bertz CT molecular complexity index is 458. The van der Waals surface area contributed by atoms with E-state index in [0.29, 0.717) is 17.8 Å². The number of rotatable bonds is 4. The molecule has 1 amide bonds. The van der Waals surface area contributed by atoms with Gasteiger partial charge in [-0.2, -0.15) is 0 Å². The molecule has 0 aliphatic heterocycles. The van der Waals surface area contributed by atoms with Crippen molar-refractivity contribution in [2.75, 3.05) is 11.1 Å². The van der Waals surface area contributed by atoms with Crippen molar-refractivity contribution in [3.05, 3.63) is 22.2 Å². The molecule has 0 heterocycles. The standard InChI is InChI=1S/C16H23BrN2O/c1-11-9-13(17)16(14(18)10-11)19-15(20)8-7-12-5-3-2-4-6-12/h9-10,12H,2-8,18H2,1H3,(H,19,20). The Kier molecular flexibility index (Phi) is 5.46. The summed E-state index contributed by atoms with van der Waals surface area (Å²) in [6.07, 6.45) is 8.15. The smallest absolute Gasteiger partial charge is 0.224 e. The van der Waals surface area contributed by atoms with Crippen LogP contribution in [-0.2, 0) is 4.79 Å². The zero-order valence-corrected chi connectivity index (χ0v) is 13.6. The number of nitrogens with one attached hydrogen (secondary N) is 1. The lowest BCUT2D eigenvalue weighted by molar-refractivity contribution is -0.116. The zero-order chi connectivity index (χ0) is 14.5. The molecule has 0 unspecified atom stereocenters. The highest BCUT2D eigenvalue weighted by atomic mass is 79.9. The minimum Gasteiger partial charge on any atom is -0.397 e. The number of halogens is 1. The van der Waals surface area contributed by atoms with Crippen molar-refractivity contribution >= 4 is 33.2 Å². The first-order valence-electron chi connectivity index (χ1n) is 7.41. The molecule has 0 spiro atoms. The average Bonchev–Trinajstić information content (AvgIpc) is 2.42. The van der Waals surface area contributed by atoms with E-state index < -0.39 is 0 Å². The van der Waals surface area contributed by atoms with Crippen LogP contribution in [0.5, 0.6) is 0 Å². The Morgan fingerprint density at radius 2 is 2.05 bits per heavy atom. The summed E-state index contributed by atoms with van der Waals surface area (Å²) in [5, 5.41) is 2.93. The molecular formula is C16H23BrN2O. The minimum atomic E-state index is 0.0619. The highest BCUT2D eigenvalue weighted by Gasteiger charge is 2.16. The molecular weight excluding hydrogens is 316 g/mol. The highest BCUT2D eigenvalue weighted by molar-refractivity contribution is 9.10. The fourth-order valence-corrected chi connectivity index (χ4v) is 3.60. The van der Waals surface area contributed by atoms with Gasteiger partial charge in [0.1, 0.15) is 0 Å². The number of amides is 1. The summed E-state index contributed by atoms with van der Waals surface area (Å²) in [5.41, 5.74) is 8.36. The summed E-state index contributed by atoms with van der Waals surface area (Å²) in [5.74, 6) is 0.792. The van der Waals surface area contributed by atoms with Crippen LogP contribution in [-0.4, -0.2) is 5.91 Å². The number of nitrogens with two attached hydrogens (primary N) is 1. The molecule has 1 aliphatic carbocycles. The number of hydrogen-bond acceptors (Lipinski definition) is 2. The van der Waals surface area contributed by atoms with Gasteiger partial charge in [-0.05, 0) is 52.9 Å². The van der Waals surface area contributed by atoms with Gasteiger partial charge < -0.3 is 11.1 Å². The molecule has 4 heteroatoms. The van der Waals surface area contributed by atoms with E-state index in [9.17, 15) is 4.79 Å². The normalized spacial score (nSPS) is 16.1. The highest BCUT2D eigenvalue weighted by Crippen LogP contribution is 2.31. The largest absolute Gasteiger partial charge is 0.397 e. The number of benzene rings is 1. The molecule has 1 aromatic rings. The summed E-state index contributed by atoms with van der Waals surface area (Å²) >= 11 is 3.46. The Morgan fingerprint density at radius 1 is 1.35 bits per heavy atom. The van der Waals surface area contributed by atoms with Gasteiger partial charge in [0.2, 0.25) is 5.91 Å². The van der Waals surface area contributed by atoms with E-state index in [1.54, 1.807) is 0 Å². The molecule has 0 saturated heterocycles. The summed E-state index contributed by atoms with van der Waals surface area (Å²) in [6, 6.07) is 3.84. The molecule has 0 atom stereocenters. The van der Waals surface area contributed by atoms with E-state index in [0.717, 1.165) is 22.4 Å². The predicted octanol–water partition coefficient (Wildman–Crippen LogP) is 4.64. The van der Waals surface area contributed by atoms with Gasteiger partial charge >= 0.3 is 0 Å². The Morgan fingerprint density at radius 3 is 2.70 bits per heavy atom. The van der Waals surface area contributed by atoms with Gasteiger partial charge in [-0.15, -0.1) is 0 Å². The molecule has 110 valence electrons. The van der Waals surface area contributed by atoms with Gasteiger partial charge in [0.25, 0.3) is 0 Å². The Labute approximate surface area is 129 Å². The zero-order valence-electron chi connectivity index (χ0n) is 12.0. The first-order chi connectivity index (χ1) is 9.56. The number of hydrogen-bond donors (Lipinski definition) is 2. The van der Waals surface area contributed by atoms with E-state index >= 15 is 0 Å². The van der Waals surface area contributed by atoms with Crippen molar-refractivity contribution in [1.82, 2.24) is 0 Å². The van der Waals surface area contributed by atoms with Crippen molar-refractivity contribution in [2.45, 2.75) is 51.9 Å². The maximum atomic E-state index is 12.1. The van der Waals surface area contributed by atoms with E-state index in [1.807, 2.05) is 19.1 Å². The van der Waals surface area contributed by atoms with Crippen molar-refractivity contribution in [1.29, 1.82) is 0 Å². The lowest BCUT2D eigenvalue weighted by Crippen LogP contribution is -2.16. The Hall–Kier alpha value is -1.03. The molecule has 1 aliphatic rings. The van der Waals surface area contributed by atoms with Crippen LogP contribution in [0.3, 0.4) is 0 Å². The first kappa shape index (κ1) is 15.4. The van der Waals surface area contributed by atoms with Gasteiger partial charge in [0, 0.05) is 10.9 Å². The monoisotopic (exact) mass is 338 g/mol. The molecule has 3 nitrogen and oxygen atoms in total. The molecule has 1 aromatic carbocycles. The number of carbonyl (C=O) groups is 1.